The van der Waals surface area contributed by atoms with Gasteiger partial charge in [0, 0.05) is 23.1 Å². The van der Waals surface area contributed by atoms with Crippen LogP contribution in [0.5, 0.6) is 0 Å². The third-order valence-electron chi connectivity index (χ3n) is 3.55. The van der Waals surface area contributed by atoms with Crippen LogP contribution in [-0.2, 0) is 21.2 Å². The Morgan fingerprint density at radius 2 is 1.63 bits per heavy atom. The van der Waals surface area contributed by atoms with Crippen LogP contribution in [-0.4, -0.2) is 24.3 Å². The molecule has 0 saturated heterocycles. The van der Waals surface area contributed by atoms with Crippen molar-refractivity contribution in [1.29, 1.82) is 0 Å². The summed E-state index contributed by atoms with van der Waals surface area (Å²) in [4.78, 5) is 19.8. The van der Waals surface area contributed by atoms with Gasteiger partial charge in [0.15, 0.2) is 0 Å². The molecule has 2 N–H and O–H groups in total. The monoisotopic (exact) mass is 402 g/mol. The minimum Gasteiger partial charge on any atom is -0.326 e. The quantitative estimate of drug-likeness (QED) is 0.659. The molecular formula is C18H15ClN4O3S. The van der Waals surface area contributed by atoms with E-state index in [-0.39, 0.29) is 23.2 Å². The fourth-order valence-electron chi connectivity index (χ4n) is 2.27. The van der Waals surface area contributed by atoms with E-state index in [9.17, 15) is 13.2 Å². The summed E-state index contributed by atoms with van der Waals surface area (Å²) < 4.78 is 26.9. The lowest BCUT2D eigenvalue weighted by Gasteiger charge is -2.09. The number of rotatable bonds is 6. The molecule has 1 aromatic heterocycles. The third-order valence-corrected chi connectivity index (χ3v) is 5.26. The first-order chi connectivity index (χ1) is 12.9. The fraction of sp³-hybridized carbons (Fsp3) is 0.0556. The van der Waals surface area contributed by atoms with Crippen molar-refractivity contribution in [3.05, 3.63) is 77.6 Å². The molecule has 0 spiro atoms. The highest BCUT2D eigenvalue weighted by Crippen LogP contribution is 2.18. The molecule has 0 aliphatic rings. The molecule has 0 radical (unpaired) electrons. The third kappa shape index (κ3) is 5.02. The minimum absolute atomic E-state index is 0.0189. The molecule has 0 bridgehead atoms. The van der Waals surface area contributed by atoms with Crippen LogP contribution in [0.25, 0.3) is 0 Å². The van der Waals surface area contributed by atoms with Crippen LogP contribution in [0, 0.1) is 0 Å². The van der Waals surface area contributed by atoms with Gasteiger partial charge in [-0.25, -0.2) is 23.1 Å². The van der Waals surface area contributed by atoms with E-state index in [1.807, 2.05) is 0 Å². The number of hydrogen-bond donors (Lipinski definition) is 2. The summed E-state index contributed by atoms with van der Waals surface area (Å²) in [6.45, 7) is 0. The molecule has 27 heavy (non-hydrogen) atoms. The average molecular weight is 403 g/mol. The topological polar surface area (TPSA) is 101 Å². The Labute approximate surface area is 161 Å². The van der Waals surface area contributed by atoms with Crippen molar-refractivity contribution in [2.24, 2.45) is 0 Å². The van der Waals surface area contributed by atoms with Crippen molar-refractivity contribution in [3.63, 3.8) is 0 Å². The van der Waals surface area contributed by atoms with Gasteiger partial charge in [0.2, 0.25) is 11.9 Å². The maximum Gasteiger partial charge on any atom is 0.264 e. The lowest BCUT2D eigenvalue weighted by atomic mass is 10.1. The van der Waals surface area contributed by atoms with Crippen LogP contribution >= 0.6 is 11.6 Å². The first-order valence-electron chi connectivity index (χ1n) is 7.87. The highest BCUT2D eigenvalue weighted by atomic mass is 35.5. The van der Waals surface area contributed by atoms with Crippen molar-refractivity contribution in [1.82, 2.24) is 9.97 Å². The van der Waals surface area contributed by atoms with E-state index in [0.29, 0.717) is 16.3 Å². The van der Waals surface area contributed by atoms with Crippen LogP contribution in [0.2, 0.25) is 5.02 Å². The van der Waals surface area contributed by atoms with Gasteiger partial charge >= 0.3 is 0 Å². The number of halogens is 1. The molecular weight excluding hydrogens is 388 g/mol. The summed E-state index contributed by atoms with van der Waals surface area (Å²) in [6.07, 6.45) is 2.98. The SMILES string of the molecule is O=C(Cc1ccccc1Cl)Nc1ccc(S(=O)(=O)Nc2ncccn2)cc1. The normalized spacial score (nSPS) is 11.0. The van der Waals surface area contributed by atoms with Crippen molar-refractivity contribution in [2.75, 3.05) is 10.0 Å². The van der Waals surface area contributed by atoms with E-state index in [2.05, 4.69) is 20.0 Å². The van der Waals surface area contributed by atoms with E-state index in [1.54, 1.807) is 30.3 Å². The molecule has 0 saturated carbocycles. The van der Waals surface area contributed by atoms with E-state index < -0.39 is 10.0 Å². The Kier molecular flexibility index (Phi) is 5.68. The van der Waals surface area contributed by atoms with Gasteiger partial charge in [0.25, 0.3) is 10.0 Å². The van der Waals surface area contributed by atoms with Crippen LogP contribution < -0.4 is 10.0 Å². The van der Waals surface area contributed by atoms with Gasteiger partial charge in [-0.1, -0.05) is 29.8 Å². The molecule has 1 amide bonds. The molecule has 7 nitrogen and oxygen atoms in total. The maximum atomic E-state index is 12.3. The van der Waals surface area contributed by atoms with E-state index in [4.69, 9.17) is 11.6 Å². The molecule has 0 atom stereocenters. The summed E-state index contributed by atoms with van der Waals surface area (Å²) in [5.41, 5.74) is 1.19. The van der Waals surface area contributed by atoms with E-state index >= 15 is 0 Å². The van der Waals surface area contributed by atoms with Crippen LogP contribution in [0.4, 0.5) is 11.6 Å². The van der Waals surface area contributed by atoms with Gasteiger partial charge < -0.3 is 5.32 Å². The predicted molar refractivity (Wildman–Crippen MR) is 103 cm³/mol. The molecule has 0 unspecified atom stereocenters. The molecule has 0 aliphatic carbocycles. The summed E-state index contributed by atoms with van der Waals surface area (Å²) >= 11 is 6.04. The number of nitrogens with one attached hydrogen (secondary N) is 2. The highest BCUT2D eigenvalue weighted by molar-refractivity contribution is 7.92. The lowest BCUT2D eigenvalue weighted by molar-refractivity contribution is -0.115. The smallest absolute Gasteiger partial charge is 0.264 e. The number of benzene rings is 2. The Morgan fingerprint density at radius 1 is 0.963 bits per heavy atom. The van der Waals surface area contributed by atoms with Crippen molar-refractivity contribution in [3.8, 4) is 0 Å². The first-order valence-corrected chi connectivity index (χ1v) is 9.73. The number of aromatic nitrogens is 2. The van der Waals surface area contributed by atoms with Crippen molar-refractivity contribution < 1.29 is 13.2 Å². The fourth-order valence-corrected chi connectivity index (χ4v) is 3.43. The number of carbonyl (C=O) groups excluding carboxylic acids is 1. The van der Waals surface area contributed by atoms with Gasteiger partial charge in [-0.2, -0.15) is 0 Å². The maximum absolute atomic E-state index is 12.3. The lowest BCUT2D eigenvalue weighted by Crippen LogP contribution is -2.16. The van der Waals surface area contributed by atoms with Gasteiger partial charge in [-0.3, -0.25) is 4.79 Å². The van der Waals surface area contributed by atoms with Gasteiger partial charge in [-0.05, 0) is 42.0 Å². The van der Waals surface area contributed by atoms with Crippen LogP contribution in [0.15, 0.2) is 71.9 Å². The molecule has 9 heteroatoms. The summed E-state index contributed by atoms with van der Waals surface area (Å²) in [5, 5.41) is 3.23. The Bertz CT molecular complexity index is 1040. The summed E-state index contributed by atoms with van der Waals surface area (Å²) in [6, 6.07) is 14.4. The first kappa shape index (κ1) is 18.8. The van der Waals surface area contributed by atoms with Gasteiger partial charge in [0.05, 0.1) is 11.3 Å². The zero-order chi connectivity index (χ0) is 19.3. The zero-order valence-electron chi connectivity index (χ0n) is 14.0. The molecule has 138 valence electrons. The molecule has 1 heterocycles. The summed E-state index contributed by atoms with van der Waals surface area (Å²) in [7, 11) is -3.82. The largest absolute Gasteiger partial charge is 0.326 e. The Morgan fingerprint density at radius 3 is 2.30 bits per heavy atom. The van der Waals surface area contributed by atoms with Crippen LogP contribution in [0.1, 0.15) is 5.56 Å². The Hall–Kier alpha value is -2.97. The second-order valence-electron chi connectivity index (χ2n) is 5.52. The molecule has 2 aromatic carbocycles. The van der Waals surface area contributed by atoms with E-state index in [0.717, 1.165) is 0 Å². The number of anilines is 2. The van der Waals surface area contributed by atoms with Crippen LogP contribution in [0.3, 0.4) is 0 Å². The van der Waals surface area contributed by atoms with Crippen molar-refractivity contribution in [2.45, 2.75) is 11.3 Å². The average Bonchev–Trinajstić information content (AvgIpc) is 2.64. The molecule has 3 rings (SSSR count). The zero-order valence-corrected chi connectivity index (χ0v) is 15.5. The summed E-state index contributed by atoms with van der Waals surface area (Å²) in [5.74, 6) is -0.274. The number of amides is 1. The molecule has 3 aromatic rings. The number of sulfonamides is 1. The highest BCUT2D eigenvalue weighted by Gasteiger charge is 2.15. The Balaban J connectivity index is 1.66. The number of nitrogens with zero attached hydrogens (tertiary/aromatic N) is 2. The predicted octanol–water partition coefficient (Wildman–Crippen LogP) is 3.11. The van der Waals surface area contributed by atoms with E-state index in [1.165, 1.54) is 36.7 Å². The minimum atomic E-state index is -3.82. The molecule has 0 fully saturated rings. The number of hydrogen-bond acceptors (Lipinski definition) is 5. The second-order valence-corrected chi connectivity index (χ2v) is 7.61. The molecule has 0 aliphatic heterocycles. The number of carbonyl (C=O) groups is 1. The van der Waals surface area contributed by atoms with Gasteiger partial charge in [0.1, 0.15) is 0 Å². The second kappa shape index (κ2) is 8.15. The van der Waals surface area contributed by atoms with Gasteiger partial charge in [-0.15, -0.1) is 0 Å². The van der Waals surface area contributed by atoms with Crippen molar-refractivity contribution >= 4 is 39.2 Å². The standard InChI is InChI=1S/C18H15ClN4O3S/c19-16-5-2-1-4-13(16)12-17(24)22-14-6-8-15(9-7-14)27(25,26)23-18-20-10-3-11-21-18/h1-11H,12H2,(H,22,24)(H,20,21,23).